The number of nitrogen functional groups attached to an aromatic ring is 1. The average molecular weight is 264 g/mol. The Morgan fingerprint density at radius 1 is 1.33 bits per heavy atom. The molecule has 18 heavy (non-hydrogen) atoms. The molecule has 0 saturated heterocycles. The van der Waals surface area contributed by atoms with Crippen LogP contribution in [0.25, 0.3) is 0 Å². The Bertz CT molecular complexity index is 410. The first-order chi connectivity index (χ1) is 8.27. The maximum atomic E-state index is 12.4. The van der Waals surface area contributed by atoms with E-state index < -0.39 is 23.9 Å². The molecule has 0 spiro atoms. The van der Waals surface area contributed by atoms with Crippen molar-refractivity contribution < 1.29 is 23.4 Å². The Hall–Kier alpha value is -1.31. The molecular weight excluding hydrogens is 249 g/mol. The second-order valence-electron chi connectivity index (χ2n) is 3.91. The molecule has 0 aliphatic heterocycles. The van der Waals surface area contributed by atoms with Crippen molar-refractivity contribution in [2.75, 3.05) is 19.3 Å². The van der Waals surface area contributed by atoms with Crippen molar-refractivity contribution >= 4 is 5.69 Å². The van der Waals surface area contributed by atoms with Crippen molar-refractivity contribution in [2.24, 2.45) is 0 Å². The van der Waals surface area contributed by atoms with Gasteiger partial charge in [-0.15, -0.1) is 0 Å². The molecule has 7 heteroatoms. The summed E-state index contributed by atoms with van der Waals surface area (Å²) in [5.41, 5.74) is 4.44. The van der Waals surface area contributed by atoms with E-state index >= 15 is 0 Å². The highest BCUT2D eigenvalue weighted by Crippen LogP contribution is 2.33. The molecule has 0 aliphatic rings. The van der Waals surface area contributed by atoms with Crippen LogP contribution < -0.4 is 11.1 Å². The summed E-state index contributed by atoms with van der Waals surface area (Å²) in [6.07, 6.45) is -6.96. The number of anilines is 1. The summed E-state index contributed by atoms with van der Waals surface area (Å²) in [5.74, 6) is 0. The molecule has 0 amide bonds. The topological polar surface area (TPSA) is 78.5 Å². The number of halogens is 3. The minimum atomic E-state index is -4.48. The second-order valence-corrected chi connectivity index (χ2v) is 3.91. The van der Waals surface area contributed by atoms with Crippen molar-refractivity contribution in [1.82, 2.24) is 5.32 Å². The lowest BCUT2D eigenvalue weighted by Crippen LogP contribution is -2.30. The maximum absolute atomic E-state index is 12.4. The molecule has 0 saturated carbocycles. The molecule has 0 heterocycles. The van der Waals surface area contributed by atoms with Crippen LogP contribution in [-0.2, 0) is 6.18 Å². The van der Waals surface area contributed by atoms with Crippen LogP contribution in [-0.4, -0.2) is 29.9 Å². The molecule has 2 atom stereocenters. The van der Waals surface area contributed by atoms with Crippen LogP contribution in [0.4, 0.5) is 18.9 Å². The SMILES string of the molecule is CNCC(O)C(O)c1ccc(C(F)(F)F)cc1N. The third-order valence-corrected chi connectivity index (χ3v) is 2.51. The number of hydrogen-bond acceptors (Lipinski definition) is 4. The predicted octanol–water partition coefficient (Wildman–Crippen LogP) is 0.901. The highest BCUT2D eigenvalue weighted by Gasteiger charge is 2.31. The van der Waals surface area contributed by atoms with E-state index in [1.165, 1.54) is 0 Å². The third kappa shape index (κ3) is 3.34. The maximum Gasteiger partial charge on any atom is 0.416 e. The van der Waals surface area contributed by atoms with Gasteiger partial charge in [0.2, 0.25) is 0 Å². The summed E-state index contributed by atoms with van der Waals surface area (Å²) in [6, 6.07) is 2.63. The molecule has 0 radical (unpaired) electrons. The summed E-state index contributed by atoms with van der Waals surface area (Å²) in [5, 5.41) is 21.9. The number of nitrogens with two attached hydrogens (primary N) is 1. The summed E-state index contributed by atoms with van der Waals surface area (Å²) in [4.78, 5) is 0. The lowest BCUT2D eigenvalue weighted by Gasteiger charge is -2.20. The van der Waals surface area contributed by atoms with Crippen molar-refractivity contribution in [3.63, 3.8) is 0 Å². The monoisotopic (exact) mass is 264 g/mol. The summed E-state index contributed by atoms with van der Waals surface area (Å²) in [7, 11) is 1.58. The molecule has 1 aromatic carbocycles. The van der Waals surface area contributed by atoms with Gasteiger partial charge in [-0.05, 0) is 19.2 Å². The van der Waals surface area contributed by atoms with E-state index in [0.29, 0.717) is 0 Å². The zero-order chi connectivity index (χ0) is 13.9. The molecule has 0 bridgehead atoms. The van der Waals surface area contributed by atoms with Crippen LogP contribution in [0.15, 0.2) is 18.2 Å². The molecule has 2 unspecified atom stereocenters. The standard InChI is InChI=1S/C11H15F3N2O2/c1-16-5-9(17)10(18)7-3-2-6(4-8(7)15)11(12,13)14/h2-4,9-10,16-18H,5,15H2,1H3. The fourth-order valence-electron chi connectivity index (χ4n) is 1.55. The Morgan fingerprint density at radius 2 is 1.94 bits per heavy atom. The smallest absolute Gasteiger partial charge is 0.398 e. The van der Waals surface area contributed by atoms with Gasteiger partial charge in [-0.2, -0.15) is 13.2 Å². The van der Waals surface area contributed by atoms with Gasteiger partial charge in [0.15, 0.2) is 0 Å². The molecule has 1 rings (SSSR count). The molecule has 102 valence electrons. The van der Waals surface area contributed by atoms with Crippen LogP contribution >= 0.6 is 0 Å². The fraction of sp³-hybridized carbons (Fsp3) is 0.455. The van der Waals surface area contributed by atoms with Crippen LogP contribution in [0.3, 0.4) is 0 Å². The van der Waals surface area contributed by atoms with Crippen LogP contribution in [0.2, 0.25) is 0 Å². The lowest BCUT2D eigenvalue weighted by molar-refractivity contribution is -0.137. The summed E-state index contributed by atoms with van der Waals surface area (Å²) >= 11 is 0. The van der Waals surface area contributed by atoms with Gasteiger partial charge in [0.1, 0.15) is 6.10 Å². The molecule has 0 aromatic heterocycles. The quantitative estimate of drug-likeness (QED) is 0.609. The minimum Gasteiger partial charge on any atom is -0.398 e. The van der Waals surface area contributed by atoms with Crippen LogP contribution in [0.1, 0.15) is 17.2 Å². The van der Waals surface area contributed by atoms with Gasteiger partial charge in [-0.25, -0.2) is 0 Å². The molecule has 5 N–H and O–H groups in total. The Labute approximate surface area is 102 Å². The zero-order valence-electron chi connectivity index (χ0n) is 9.70. The Morgan fingerprint density at radius 3 is 2.39 bits per heavy atom. The Kier molecular flexibility index (Phi) is 4.55. The van der Waals surface area contributed by atoms with Gasteiger partial charge in [0.05, 0.1) is 11.7 Å². The van der Waals surface area contributed by atoms with E-state index in [1.54, 1.807) is 7.05 Å². The number of nitrogens with one attached hydrogen (secondary N) is 1. The van der Waals surface area contributed by atoms with E-state index in [4.69, 9.17) is 5.73 Å². The van der Waals surface area contributed by atoms with Gasteiger partial charge in [-0.1, -0.05) is 6.07 Å². The normalized spacial score (nSPS) is 15.4. The largest absolute Gasteiger partial charge is 0.416 e. The number of aliphatic hydroxyl groups is 2. The molecule has 1 aromatic rings. The molecule has 0 aliphatic carbocycles. The number of rotatable bonds is 4. The molecule has 0 fully saturated rings. The number of hydrogen-bond donors (Lipinski definition) is 4. The third-order valence-electron chi connectivity index (χ3n) is 2.51. The number of benzene rings is 1. The van der Waals surface area contributed by atoms with E-state index in [0.717, 1.165) is 18.2 Å². The highest BCUT2D eigenvalue weighted by atomic mass is 19.4. The van der Waals surface area contributed by atoms with Gasteiger partial charge in [0.25, 0.3) is 0 Å². The van der Waals surface area contributed by atoms with E-state index in [1.807, 2.05) is 0 Å². The van der Waals surface area contributed by atoms with Gasteiger partial charge in [0, 0.05) is 17.8 Å². The zero-order valence-corrected chi connectivity index (χ0v) is 9.70. The van der Waals surface area contributed by atoms with Gasteiger partial charge in [-0.3, -0.25) is 0 Å². The first-order valence-electron chi connectivity index (χ1n) is 5.24. The number of likely N-dealkylation sites (N-methyl/N-ethyl adjacent to an activating group) is 1. The fourth-order valence-corrected chi connectivity index (χ4v) is 1.55. The van der Waals surface area contributed by atoms with Crippen molar-refractivity contribution in [3.8, 4) is 0 Å². The molecular formula is C11H15F3N2O2. The Balaban J connectivity index is 2.99. The summed E-state index contributed by atoms with van der Waals surface area (Å²) < 4.78 is 37.2. The van der Waals surface area contributed by atoms with Gasteiger partial charge >= 0.3 is 6.18 Å². The van der Waals surface area contributed by atoms with Crippen LogP contribution in [0, 0.1) is 0 Å². The van der Waals surface area contributed by atoms with Gasteiger partial charge < -0.3 is 21.3 Å². The van der Waals surface area contributed by atoms with E-state index in [-0.39, 0.29) is 17.8 Å². The number of alkyl halides is 3. The average Bonchev–Trinajstić information content (AvgIpc) is 2.27. The summed E-state index contributed by atoms with van der Waals surface area (Å²) in [6.45, 7) is 0.0988. The lowest BCUT2D eigenvalue weighted by atomic mass is 10.0. The first-order valence-corrected chi connectivity index (χ1v) is 5.24. The minimum absolute atomic E-state index is 0.0748. The van der Waals surface area contributed by atoms with E-state index in [2.05, 4.69) is 5.32 Å². The first kappa shape index (κ1) is 14.7. The van der Waals surface area contributed by atoms with Crippen molar-refractivity contribution in [1.29, 1.82) is 0 Å². The van der Waals surface area contributed by atoms with Crippen LogP contribution in [0.5, 0.6) is 0 Å². The number of aliphatic hydroxyl groups excluding tert-OH is 2. The van der Waals surface area contributed by atoms with Crippen molar-refractivity contribution in [2.45, 2.75) is 18.4 Å². The highest BCUT2D eigenvalue weighted by molar-refractivity contribution is 5.51. The van der Waals surface area contributed by atoms with Crippen molar-refractivity contribution in [3.05, 3.63) is 29.3 Å². The van der Waals surface area contributed by atoms with E-state index in [9.17, 15) is 23.4 Å². The second kappa shape index (κ2) is 5.55. The predicted molar refractivity (Wildman–Crippen MR) is 60.7 cm³/mol. The molecule has 4 nitrogen and oxygen atoms in total.